The molecule has 0 aliphatic rings. The fourth-order valence-corrected chi connectivity index (χ4v) is 3.69. The van der Waals surface area contributed by atoms with Gasteiger partial charge in [0.25, 0.3) is 0 Å². The van der Waals surface area contributed by atoms with Crippen molar-refractivity contribution in [2.24, 2.45) is 11.8 Å². The summed E-state index contributed by atoms with van der Waals surface area (Å²) in [4.78, 5) is 10.6. The largest absolute Gasteiger partial charge is 0.481 e. The van der Waals surface area contributed by atoms with E-state index < -0.39 is 5.97 Å². The van der Waals surface area contributed by atoms with E-state index in [2.05, 4.69) is 46.8 Å². The van der Waals surface area contributed by atoms with Crippen molar-refractivity contribution in [1.29, 1.82) is 0 Å². The molecule has 0 unspecified atom stereocenters. The summed E-state index contributed by atoms with van der Waals surface area (Å²) in [6, 6.07) is 0. The molecule has 2 nitrogen and oxygen atoms in total. The van der Waals surface area contributed by atoms with E-state index in [1.54, 1.807) is 0 Å². The van der Waals surface area contributed by atoms with Crippen molar-refractivity contribution in [1.82, 2.24) is 0 Å². The van der Waals surface area contributed by atoms with Crippen molar-refractivity contribution in [3.8, 4) is 0 Å². The number of carbonyl (C=O) groups is 1. The van der Waals surface area contributed by atoms with Gasteiger partial charge in [-0.25, -0.2) is 0 Å². The quantitative estimate of drug-likeness (QED) is 0.223. The van der Waals surface area contributed by atoms with Crippen LogP contribution in [0.25, 0.3) is 0 Å². The van der Waals surface area contributed by atoms with Crippen molar-refractivity contribution in [2.45, 2.75) is 112 Å². The maximum absolute atomic E-state index is 10.6. The number of hydrogen-bond donors (Lipinski definition) is 1. The zero-order chi connectivity index (χ0) is 19.8. The van der Waals surface area contributed by atoms with E-state index in [1.807, 2.05) is 0 Å². The zero-order valence-corrected chi connectivity index (χ0v) is 18.2. The lowest BCUT2D eigenvalue weighted by Gasteiger charge is -2.11. The van der Waals surface area contributed by atoms with Gasteiger partial charge in [0.05, 0.1) is 0 Å². The van der Waals surface area contributed by atoms with Crippen LogP contribution in [-0.2, 0) is 4.79 Å². The summed E-state index contributed by atoms with van der Waals surface area (Å²) in [6.45, 7) is 11.2. The van der Waals surface area contributed by atoms with Gasteiger partial charge >= 0.3 is 5.97 Å². The van der Waals surface area contributed by atoms with E-state index in [0.717, 1.165) is 19.3 Å². The highest BCUT2D eigenvalue weighted by molar-refractivity contribution is 5.66. The first-order valence-corrected chi connectivity index (χ1v) is 10.9. The molecule has 0 aromatic rings. The van der Waals surface area contributed by atoms with Crippen molar-refractivity contribution >= 4 is 5.97 Å². The van der Waals surface area contributed by atoms with Gasteiger partial charge in [-0.15, -0.1) is 0 Å². The Morgan fingerprint density at radius 3 is 1.77 bits per heavy atom. The highest BCUT2D eigenvalue weighted by atomic mass is 16.4. The van der Waals surface area contributed by atoms with E-state index >= 15 is 0 Å². The van der Waals surface area contributed by atoms with Gasteiger partial charge in [-0.2, -0.15) is 0 Å². The summed E-state index contributed by atoms with van der Waals surface area (Å²) in [5.74, 6) is 0.449. The number of hydrogen-bond acceptors (Lipinski definition) is 1. The molecule has 0 aromatic heterocycles. The van der Waals surface area contributed by atoms with Gasteiger partial charge in [-0.1, -0.05) is 89.0 Å². The molecule has 0 rings (SSSR count). The van der Waals surface area contributed by atoms with Crippen LogP contribution in [0.5, 0.6) is 0 Å². The summed E-state index contributed by atoms with van der Waals surface area (Å²) in [6.07, 6.45) is 18.8. The predicted molar refractivity (Wildman–Crippen MR) is 115 cm³/mol. The minimum Gasteiger partial charge on any atom is -0.481 e. The average molecular weight is 365 g/mol. The molecule has 0 fully saturated rings. The topological polar surface area (TPSA) is 37.3 Å². The molecule has 1 N–H and O–H groups in total. The van der Waals surface area contributed by atoms with E-state index in [9.17, 15) is 4.79 Å². The molecule has 0 aromatic carbocycles. The SMILES string of the molecule is CCCCCCCCC[C@@H](C)/C=C(/C)C/C(C)=C/[C@@H](C)CCCC(=O)O. The molecule has 26 heavy (non-hydrogen) atoms. The fraction of sp³-hybridized carbons (Fsp3) is 0.792. The van der Waals surface area contributed by atoms with Crippen LogP contribution >= 0.6 is 0 Å². The van der Waals surface area contributed by atoms with Crippen molar-refractivity contribution in [2.75, 3.05) is 0 Å². The number of unbranched alkanes of at least 4 members (excludes halogenated alkanes) is 6. The van der Waals surface area contributed by atoms with Gasteiger partial charge in [0, 0.05) is 6.42 Å². The smallest absolute Gasteiger partial charge is 0.303 e. The molecular formula is C24H44O2. The highest BCUT2D eigenvalue weighted by Gasteiger charge is 2.04. The number of carboxylic acid groups (broad SMARTS) is 1. The highest BCUT2D eigenvalue weighted by Crippen LogP contribution is 2.20. The second-order valence-corrected chi connectivity index (χ2v) is 8.35. The molecule has 0 aliphatic heterocycles. The first-order valence-electron chi connectivity index (χ1n) is 10.9. The number of allylic oxidation sites excluding steroid dienone is 4. The van der Waals surface area contributed by atoms with E-state index in [0.29, 0.717) is 11.8 Å². The lowest BCUT2D eigenvalue weighted by atomic mass is 9.95. The Kier molecular flexibility index (Phi) is 15.5. The fourth-order valence-electron chi connectivity index (χ4n) is 3.69. The van der Waals surface area contributed by atoms with Gasteiger partial charge in [-0.3, -0.25) is 4.79 Å². The molecule has 2 heteroatoms. The van der Waals surface area contributed by atoms with Gasteiger partial charge in [-0.05, 0) is 51.4 Å². The maximum Gasteiger partial charge on any atom is 0.303 e. The zero-order valence-electron chi connectivity index (χ0n) is 18.2. The molecule has 2 atom stereocenters. The van der Waals surface area contributed by atoms with Crippen LogP contribution in [0.3, 0.4) is 0 Å². The van der Waals surface area contributed by atoms with Gasteiger partial charge in [0.1, 0.15) is 0 Å². The maximum atomic E-state index is 10.6. The molecule has 0 spiro atoms. The second kappa shape index (κ2) is 16.1. The molecule has 0 aliphatic carbocycles. The molecule has 0 amide bonds. The van der Waals surface area contributed by atoms with Crippen molar-refractivity contribution < 1.29 is 9.90 Å². The van der Waals surface area contributed by atoms with Gasteiger partial charge in [0.2, 0.25) is 0 Å². The number of rotatable bonds is 16. The van der Waals surface area contributed by atoms with Gasteiger partial charge in [0.15, 0.2) is 0 Å². The third-order valence-electron chi connectivity index (χ3n) is 5.01. The summed E-state index contributed by atoms with van der Waals surface area (Å²) >= 11 is 0. The molecule has 0 bridgehead atoms. The van der Waals surface area contributed by atoms with Crippen LogP contribution < -0.4 is 0 Å². The Bertz CT molecular complexity index is 420. The third-order valence-corrected chi connectivity index (χ3v) is 5.01. The van der Waals surface area contributed by atoms with E-state index in [1.165, 1.54) is 62.5 Å². The molecular weight excluding hydrogens is 320 g/mol. The molecule has 0 saturated carbocycles. The third kappa shape index (κ3) is 16.4. The van der Waals surface area contributed by atoms with Crippen LogP contribution in [0, 0.1) is 11.8 Å². The monoisotopic (exact) mass is 364 g/mol. The Morgan fingerprint density at radius 2 is 1.27 bits per heavy atom. The van der Waals surface area contributed by atoms with Crippen LogP contribution in [0.4, 0.5) is 0 Å². The summed E-state index contributed by atoms with van der Waals surface area (Å²) in [5, 5.41) is 8.71. The molecule has 152 valence electrons. The van der Waals surface area contributed by atoms with Crippen LogP contribution in [-0.4, -0.2) is 11.1 Å². The Balaban J connectivity index is 4.00. The first-order chi connectivity index (χ1) is 12.3. The average Bonchev–Trinajstić information content (AvgIpc) is 2.53. The Hall–Kier alpha value is -1.05. The number of carboxylic acids is 1. The van der Waals surface area contributed by atoms with E-state index in [-0.39, 0.29) is 6.42 Å². The van der Waals surface area contributed by atoms with Crippen LogP contribution in [0.2, 0.25) is 0 Å². The molecule has 0 heterocycles. The Labute approximate surface area is 163 Å². The van der Waals surface area contributed by atoms with Crippen LogP contribution in [0.15, 0.2) is 23.3 Å². The minimum absolute atomic E-state index is 0.284. The van der Waals surface area contributed by atoms with Crippen molar-refractivity contribution in [3.63, 3.8) is 0 Å². The molecule has 0 radical (unpaired) electrons. The normalized spacial score (nSPS) is 15.1. The molecule has 0 saturated heterocycles. The summed E-state index contributed by atoms with van der Waals surface area (Å²) in [7, 11) is 0. The summed E-state index contributed by atoms with van der Waals surface area (Å²) in [5.41, 5.74) is 2.87. The first kappa shape index (κ1) is 24.9. The summed E-state index contributed by atoms with van der Waals surface area (Å²) < 4.78 is 0. The lowest BCUT2D eigenvalue weighted by Crippen LogP contribution is -1.98. The van der Waals surface area contributed by atoms with E-state index in [4.69, 9.17) is 5.11 Å². The van der Waals surface area contributed by atoms with Crippen molar-refractivity contribution in [3.05, 3.63) is 23.3 Å². The van der Waals surface area contributed by atoms with Crippen LogP contribution in [0.1, 0.15) is 112 Å². The Morgan fingerprint density at radius 1 is 0.808 bits per heavy atom. The lowest BCUT2D eigenvalue weighted by molar-refractivity contribution is -0.137. The predicted octanol–water partition coefficient (Wildman–Crippen LogP) is 7.94. The van der Waals surface area contributed by atoms with Gasteiger partial charge < -0.3 is 5.11 Å². The standard InChI is InChI=1S/C24H44O2/c1-6-7-8-9-10-11-12-14-20(2)17-22(4)19-23(5)18-21(3)15-13-16-24(25)26/h17-18,20-21H,6-16,19H2,1-5H3,(H,25,26)/b22-17-,23-18+/t20-,21+/m1/s1. The minimum atomic E-state index is -0.688. The second-order valence-electron chi connectivity index (χ2n) is 8.35. The number of aliphatic carboxylic acids is 1.